The van der Waals surface area contributed by atoms with E-state index < -0.39 is 0 Å². The number of hydrogen-bond donors (Lipinski definition) is 2. The number of methoxy groups -OCH3 is 1. The molecule has 1 atom stereocenters. The van der Waals surface area contributed by atoms with Gasteiger partial charge in [0.25, 0.3) is 0 Å². The molecule has 2 rings (SSSR count). The van der Waals surface area contributed by atoms with Crippen LogP contribution in [0, 0.1) is 6.92 Å². The summed E-state index contributed by atoms with van der Waals surface area (Å²) in [6, 6.07) is 6.22. The van der Waals surface area contributed by atoms with Gasteiger partial charge in [-0.2, -0.15) is 0 Å². The Balaban J connectivity index is 0.00000264. The van der Waals surface area contributed by atoms with Gasteiger partial charge in [0.1, 0.15) is 5.75 Å². The van der Waals surface area contributed by atoms with Gasteiger partial charge in [-0.15, -0.1) is 24.0 Å². The van der Waals surface area contributed by atoms with Gasteiger partial charge in [0.15, 0.2) is 5.96 Å². The molecular formula is C17H28IN3O2. The van der Waals surface area contributed by atoms with Crippen molar-refractivity contribution in [1.29, 1.82) is 0 Å². The third kappa shape index (κ3) is 6.55. The first-order valence-electron chi connectivity index (χ1n) is 7.92. The molecule has 1 aliphatic heterocycles. The van der Waals surface area contributed by atoms with Crippen molar-refractivity contribution in [2.45, 2.75) is 38.8 Å². The van der Waals surface area contributed by atoms with Gasteiger partial charge in [-0.05, 0) is 37.8 Å². The smallest absolute Gasteiger partial charge is 0.191 e. The number of aryl methyl sites for hydroxylation is 1. The van der Waals surface area contributed by atoms with Gasteiger partial charge in [0.2, 0.25) is 0 Å². The molecule has 0 saturated carbocycles. The van der Waals surface area contributed by atoms with Crippen molar-refractivity contribution in [3.63, 3.8) is 0 Å². The number of aliphatic imine (C=N–C) groups is 1. The molecule has 130 valence electrons. The molecule has 0 amide bonds. The molecule has 5 nitrogen and oxygen atoms in total. The standard InChI is InChI=1S/C17H27N3O2.HI/c1-13-6-7-14(16(11-13)21-3)12-20-17(18-2)19-9-8-15-5-4-10-22-15;/h6-7,11,15H,4-5,8-10,12H2,1-3H3,(H2,18,19,20);1H. The fourth-order valence-electron chi connectivity index (χ4n) is 2.62. The first-order valence-corrected chi connectivity index (χ1v) is 7.92. The van der Waals surface area contributed by atoms with Crippen LogP contribution >= 0.6 is 24.0 Å². The second-order valence-electron chi connectivity index (χ2n) is 5.59. The lowest BCUT2D eigenvalue weighted by atomic mass is 10.1. The van der Waals surface area contributed by atoms with Gasteiger partial charge in [-0.3, -0.25) is 4.99 Å². The molecule has 1 saturated heterocycles. The van der Waals surface area contributed by atoms with Crippen LogP contribution in [-0.2, 0) is 11.3 Å². The SMILES string of the molecule is CN=C(NCCC1CCCO1)NCc1ccc(C)cc1OC.I. The summed E-state index contributed by atoms with van der Waals surface area (Å²) in [6.07, 6.45) is 3.79. The van der Waals surface area contributed by atoms with Crippen molar-refractivity contribution in [3.05, 3.63) is 29.3 Å². The van der Waals surface area contributed by atoms with E-state index in [-0.39, 0.29) is 24.0 Å². The number of nitrogens with one attached hydrogen (secondary N) is 2. The van der Waals surface area contributed by atoms with E-state index in [1.807, 2.05) is 6.07 Å². The van der Waals surface area contributed by atoms with E-state index in [0.717, 1.165) is 36.8 Å². The summed E-state index contributed by atoms with van der Waals surface area (Å²) < 4.78 is 11.0. The Morgan fingerprint density at radius 1 is 1.39 bits per heavy atom. The molecule has 0 aliphatic carbocycles. The first kappa shape index (κ1) is 20.0. The molecule has 0 bridgehead atoms. The highest BCUT2D eigenvalue weighted by Crippen LogP contribution is 2.19. The monoisotopic (exact) mass is 433 g/mol. The van der Waals surface area contributed by atoms with E-state index in [4.69, 9.17) is 9.47 Å². The molecule has 1 fully saturated rings. The molecule has 1 unspecified atom stereocenters. The van der Waals surface area contributed by atoms with Crippen LogP contribution in [0.2, 0.25) is 0 Å². The van der Waals surface area contributed by atoms with Crippen molar-refractivity contribution in [3.8, 4) is 5.75 Å². The summed E-state index contributed by atoms with van der Waals surface area (Å²) in [5.74, 6) is 1.71. The van der Waals surface area contributed by atoms with Crippen LogP contribution in [0.1, 0.15) is 30.4 Å². The molecular weight excluding hydrogens is 405 g/mol. The Kier molecular flexibility index (Phi) is 9.31. The topological polar surface area (TPSA) is 54.9 Å². The van der Waals surface area contributed by atoms with Gasteiger partial charge < -0.3 is 20.1 Å². The fourth-order valence-corrected chi connectivity index (χ4v) is 2.62. The van der Waals surface area contributed by atoms with Crippen molar-refractivity contribution < 1.29 is 9.47 Å². The number of halogens is 1. The molecule has 1 aliphatic rings. The number of nitrogens with zero attached hydrogens (tertiary/aromatic N) is 1. The molecule has 0 radical (unpaired) electrons. The van der Waals surface area contributed by atoms with E-state index >= 15 is 0 Å². The van der Waals surface area contributed by atoms with E-state index in [1.54, 1.807) is 14.2 Å². The zero-order valence-corrected chi connectivity index (χ0v) is 16.6. The summed E-state index contributed by atoms with van der Waals surface area (Å²) in [4.78, 5) is 4.25. The molecule has 0 aromatic heterocycles. The fraction of sp³-hybridized carbons (Fsp3) is 0.588. The molecule has 0 spiro atoms. The van der Waals surface area contributed by atoms with Crippen LogP contribution in [0.3, 0.4) is 0 Å². The zero-order chi connectivity index (χ0) is 15.8. The van der Waals surface area contributed by atoms with E-state index in [1.165, 1.54) is 18.4 Å². The predicted molar refractivity (Wildman–Crippen MR) is 105 cm³/mol. The minimum Gasteiger partial charge on any atom is -0.496 e. The van der Waals surface area contributed by atoms with E-state index in [9.17, 15) is 0 Å². The number of guanidine groups is 1. The third-order valence-corrected chi connectivity index (χ3v) is 3.90. The van der Waals surface area contributed by atoms with Crippen LogP contribution in [0.25, 0.3) is 0 Å². The van der Waals surface area contributed by atoms with Gasteiger partial charge in [0, 0.05) is 32.3 Å². The summed E-state index contributed by atoms with van der Waals surface area (Å²) in [5, 5.41) is 6.66. The molecule has 1 heterocycles. The summed E-state index contributed by atoms with van der Waals surface area (Å²) in [5.41, 5.74) is 2.31. The van der Waals surface area contributed by atoms with Crippen molar-refractivity contribution in [2.75, 3.05) is 27.3 Å². The lowest BCUT2D eigenvalue weighted by Gasteiger charge is -2.15. The maximum absolute atomic E-state index is 5.62. The highest BCUT2D eigenvalue weighted by molar-refractivity contribution is 14.0. The lowest BCUT2D eigenvalue weighted by molar-refractivity contribution is 0.105. The Morgan fingerprint density at radius 3 is 2.87 bits per heavy atom. The Hall–Kier alpha value is -1.02. The van der Waals surface area contributed by atoms with E-state index in [0.29, 0.717) is 12.6 Å². The van der Waals surface area contributed by atoms with Crippen molar-refractivity contribution in [1.82, 2.24) is 10.6 Å². The minimum absolute atomic E-state index is 0. The number of benzene rings is 1. The predicted octanol–water partition coefficient (Wildman–Crippen LogP) is 2.86. The van der Waals surface area contributed by atoms with Crippen LogP contribution < -0.4 is 15.4 Å². The van der Waals surface area contributed by atoms with Crippen LogP contribution in [0.4, 0.5) is 0 Å². The Bertz CT molecular complexity index is 503. The maximum atomic E-state index is 5.62. The van der Waals surface area contributed by atoms with Crippen molar-refractivity contribution in [2.24, 2.45) is 4.99 Å². The van der Waals surface area contributed by atoms with Gasteiger partial charge in [-0.1, -0.05) is 12.1 Å². The average molecular weight is 433 g/mol. The number of ether oxygens (including phenoxy) is 2. The average Bonchev–Trinajstić information content (AvgIpc) is 3.04. The van der Waals surface area contributed by atoms with Gasteiger partial charge in [0.05, 0.1) is 13.2 Å². The van der Waals surface area contributed by atoms with Gasteiger partial charge >= 0.3 is 0 Å². The minimum atomic E-state index is 0. The highest BCUT2D eigenvalue weighted by Gasteiger charge is 2.14. The third-order valence-electron chi connectivity index (χ3n) is 3.90. The second-order valence-corrected chi connectivity index (χ2v) is 5.59. The largest absolute Gasteiger partial charge is 0.496 e. The molecule has 23 heavy (non-hydrogen) atoms. The summed E-state index contributed by atoms with van der Waals surface area (Å²) in [6.45, 7) is 4.52. The Morgan fingerprint density at radius 2 is 2.22 bits per heavy atom. The highest BCUT2D eigenvalue weighted by atomic mass is 127. The van der Waals surface area contributed by atoms with Gasteiger partial charge in [-0.25, -0.2) is 0 Å². The van der Waals surface area contributed by atoms with Crippen LogP contribution in [0.5, 0.6) is 5.75 Å². The molecule has 6 heteroatoms. The molecule has 1 aromatic carbocycles. The zero-order valence-electron chi connectivity index (χ0n) is 14.2. The Labute approximate surface area is 156 Å². The summed E-state index contributed by atoms with van der Waals surface area (Å²) in [7, 11) is 3.49. The van der Waals surface area contributed by atoms with E-state index in [2.05, 4.69) is 34.7 Å². The summed E-state index contributed by atoms with van der Waals surface area (Å²) >= 11 is 0. The van der Waals surface area contributed by atoms with Crippen LogP contribution in [-0.4, -0.2) is 39.4 Å². The number of rotatable bonds is 6. The normalized spacial score (nSPS) is 17.5. The van der Waals surface area contributed by atoms with Crippen LogP contribution in [0.15, 0.2) is 23.2 Å². The quantitative estimate of drug-likeness (QED) is 0.412. The molecule has 1 aromatic rings. The molecule has 2 N–H and O–H groups in total. The van der Waals surface area contributed by atoms with Crippen molar-refractivity contribution >= 4 is 29.9 Å². The first-order chi connectivity index (χ1) is 10.7. The maximum Gasteiger partial charge on any atom is 0.191 e. The number of hydrogen-bond acceptors (Lipinski definition) is 3. The second kappa shape index (κ2) is 10.7. The lowest BCUT2D eigenvalue weighted by Crippen LogP contribution is -2.38.